The van der Waals surface area contributed by atoms with Gasteiger partial charge in [-0.15, -0.1) is 0 Å². The number of hydrogen-bond donors (Lipinski definition) is 0. The number of aryl methyl sites for hydroxylation is 1. The number of halogens is 4. The molecule has 0 N–H and O–H groups in total. The third-order valence-corrected chi connectivity index (χ3v) is 3.26. The first-order chi connectivity index (χ1) is 9.86. The topological polar surface area (TPSA) is 30.2 Å². The van der Waals surface area contributed by atoms with Gasteiger partial charge in [0.25, 0.3) is 0 Å². The molecule has 0 spiro atoms. The van der Waals surface area contributed by atoms with Crippen LogP contribution in [0.3, 0.4) is 0 Å². The number of nitrogens with zero attached hydrogens (tertiary/aromatic N) is 3. The average molecular weight is 312 g/mol. The standard InChI is InChI=1S/C14H9ClF3N3/c1-8-5-12(14(16,17)18)21-13(20-8)11(7-19-21)9-3-2-4-10(15)6-9/h2-7H,1H3. The highest BCUT2D eigenvalue weighted by Crippen LogP contribution is 2.32. The summed E-state index contributed by atoms with van der Waals surface area (Å²) < 4.78 is 40.0. The Morgan fingerprint density at radius 1 is 1.19 bits per heavy atom. The van der Waals surface area contributed by atoms with Gasteiger partial charge in [-0.25, -0.2) is 9.50 Å². The van der Waals surface area contributed by atoms with Gasteiger partial charge in [0.1, 0.15) is 5.69 Å². The zero-order chi connectivity index (χ0) is 15.2. The molecule has 108 valence electrons. The molecular formula is C14H9ClF3N3. The zero-order valence-electron chi connectivity index (χ0n) is 10.8. The molecule has 3 aromatic rings. The van der Waals surface area contributed by atoms with E-state index in [1.807, 2.05) is 0 Å². The van der Waals surface area contributed by atoms with E-state index < -0.39 is 11.9 Å². The van der Waals surface area contributed by atoms with Gasteiger partial charge in [-0.1, -0.05) is 23.7 Å². The number of rotatable bonds is 1. The number of benzene rings is 1. The Bertz CT molecular complexity index is 824. The quantitative estimate of drug-likeness (QED) is 0.667. The number of fused-ring (bicyclic) bond motifs is 1. The van der Waals surface area contributed by atoms with Crippen molar-refractivity contribution in [2.24, 2.45) is 0 Å². The molecule has 0 radical (unpaired) electrons. The van der Waals surface area contributed by atoms with Crippen molar-refractivity contribution in [2.75, 3.05) is 0 Å². The van der Waals surface area contributed by atoms with E-state index in [-0.39, 0.29) is 11.3 Å². The summed E-state index contributed by atoms with van der Waals surface area (Å²) in [7, 11) is 0. The second-order valence-corrected chi connectivity index (χ2v) is 5.02. The molecular weight excluding hydrogens is 303 g/mol. The van der Waals surface area contributed by atoms with Crippen molar-refractivity contribution in [3.63, 3.8) is 0 Å². The molecule has 0 saturated carbocycles. The first-order valence-electron chi connectivity index (χ1n) is 6.05. The number of aromatic nitrogens is 3. The summed E-state index contributed by atoms with van der Waals surface area (Å²) in [6, 6.07) is 7.80. The van der Waals surface area contributed by atoms with E-state index in [9.17, 15) is 13.2 Å². The Morgan fingerprint density at radius 3 is 2.62 bits per heavy atom. The van der Waals surface area contributed by atoms with Crippen molar-refractivity contribution in [3.05, 3.63) is 52.9 Å². The normalized spacial score (nSPS) is 12.0. The van der Waals surface area contributed by atoms with Crippen LogP contribution in [0.25, 0.3) is 16.8 Å². The van der Waals surface area contributed by atoms with E-state index in [1.165, 1.54) is 13.1 Å². The molecule has 3 rings (SSSR count). The lowest BCUT2D eigenvalue weighted by atomic mass is 10.1. The third kappa shape index (κ3) is 2.47. The molecule has 2 aromatic heterocycles. The Labute approximate surface area is 123 Å². The highest BCUT2D eigenvalue weighted by Gasteiger charge is 2.35. The van der Waals surface area contributed by atoms with Crippen molar-refractivity contribution in [2.45, 2.75) is 13.1 Å². The van der Waals surface area contributed by atoms with E-state index in [0.717, 1.165) is 10.6 Å². The summed E-state index contributed by atoms with van der Waals surface area (Å²) in [6.45, 7) is 1.52. The lowest BCUT2D eigenvalue weighted by Gasteiger charge is -2.10. The predicted octanol–water partition coefficient (Wildman–Crippen LogP) is 4.38. The van der Waals surface area contributed by atoms with Crippen LogP contribution >= 0.6 is 11.6 Å². The summed E-state index contributed by atoms with van der Waals surface area (Å²) in [5, 5.41) is 4.32. The molecule has 21 heavy (non-hydrogen) atoms. The first kappa shape index (κ1) is 13.9. The molecule has 3 nitrogen and oxygen atoms in total. The molecule has 0 amide bonds. The highest BCUT2D eigenvalue weighted by atomic mass is 35.5. The van der Waals surface area contributed by atoms with Gasteiger partial charge in [0.15, 0.2) is 5.65 Å². The molecule has 0 fully saturated rings. The molecule has 0 unspecified atom stereocenters. The molecule has 0 aliphatic rings. The van der Waals surface area contributed by atoms with Crippen LogP contribution in [-0.4, -0.2) is 14.6 Å². The third-order valence-electron chi connectivity index (χ3n) is 3.03. The largest absolute Gasteiger partial charge is 0.433 e. The molecule has 0 aliphatic carbocycles. The monoisotopic (exact) mass is 311 g/mol. The summed E-state index contributed by atoms with van der Waals surface area (Å²) >= 11 is 5.92. The van der Waals surface area contributed by atoms with Crippen LogP contribution in [-0.2, 0) is 6.18 Å². The second-order valence-electron chi connectivity index (χ2n) is 4.58. The average Bonchev–Trinajstić information content (AvgIpc) is 2.80. The molecule has 0 aliphatic heterocycles. The van der Waals surface area contributed by atoms with Gasteiger partial charge >= 0.3 is 6.18 Å². The SMILES string of the molecule is Cc1cc(C(F)(F)F)n2ncc(-c3cccc(Cl)c3)c2n1. The van der Waals surface area contributed by atoms with Crippen LogP contribution in [0.15, 0.2) is 36.5 Å². The van der Waals surface area contributed by atoms with Crippen molar-refractivity contribution in [1.29, 1.82) is 0 Å². The number of hydrogen-bond acceptors (Lipinski definition) is 2. The van der Waals surface area contributed by atoms with Crippen LogP contribution in [0.1, 0.15) is 11.4 Å². The Kier molecular flexibility index (Phi) is 3.13. The van der Waals surface area contributed by atoms with Gasteiger partial charge in [0, 0.05) is 16.3 Å². The molecule has 7 heteroatoms. The van der Waals surface area contributed by atoms with Crippen LogP contribution in [0, 0.1) is 6.92 Å². The number of alkyl halides is 3. The molecule has 1 aromatic carbocycles. The van der Waals surface area contributed by atoms with Crippen LogP contribution in [0.4, 0.5) is 13.2 Å². The minimum atomic E-state index is -4.50. The van der Waals surface area contributed by atoms with Crippen LogP contribution < -0.4 is 0 Å². The predicted molar refractivity (Wildman–Crippen MR) is 73.2 cm³/mol. The van der Waals surface area contributed by atoms with E-state index in [1.54, 1.807) is 24.3 Å². The summed E-state index contributed by atoms with van der Waals surface area (Å²) in [5.74, 6) is 0. The lowest BCUT2D eigenvalue weighted by Crippen LogP contribution is -2.13. The fraction of sp³-hybridized carbons (Fsp3) is 0.143. The summed E-state index contributed by atoms with van der Waals surface area (Å²) in [6.07, 6.45) is -3.13. The molecule has 2 heterocycles. The van der Waals surface area contributed by atoms with E-state index in [2.05, 4.69) is 10.1 Å². The van der Waals surface area contributed by atoms with Crippen LogP contribution in [0.5, 0.6) is 0 Å². The maximum absolute atomic E-state index is 13.1. The first-order valence-corrected chi connectivity index (χ1v) is 6.42. The van der Waals surface area contributed by atoms with Gasteiger partial charge in [-0.2, -0.15) is 18.3 Å². The minimum Gasteiger partial charge on any atom is -0.233 e. The zero-order valence-corrected chi connectivity index (χ0v) is 11.6. The van der Waals surface area contributed by atoms with Crippen molar-refractivity contribution < 1.29 is 13.2 Å². The fourth-order valence-electron chi connectivity index (χ4n) is 2.15. The van der Waals surface area contributed by atoms with Gasteiger partial charge in [0.2, 0.25) is 0 Å². The van der Waals surface area contributed by atoms with E-state index in [4.69, 9.17) is 11.6 Å². The fourth-order valence-corrected chi connectivity index (χ4v) is 2.34. The Balaban J connectivity index is 2.30. The maximum atomic E-state index is 13.1. The molecule has 0 bridgehead atoms. The van der Waals surface area contributed by atoms with Gasteiger partial charge < -0.3 is 0 Å². The molecule has 0 atom stereocenters. The lowest BCUT2D eigenvalue weighted by molar-refractivity contribution is -0.142. The van der Waals surface area contributed by atoms with Gasteiger partial charge in [-0.05, 0) is 30.7 Å². The Morgan fingerprint density at radius 2 is 1.95 bits per heavy atom. The smallest absolute Gasteiger partial charge is 0.233 e. The highest BCUT2D eigenvalue weighted by molar-refractivity contribution is 6.30. The van der Waals surface area contributed by atoms with Gasteiger partial charge in [-0.3, -0.25) is 0 Å². The van der Waals surface area contributed by atoms with Gasteiger partial charge in [0.05, 0.1) is 6.20 Å². The summed E-state index contributed by atoms with van der Waals surface area (Å²) in [4.78, 5) is 4.17. The summed E-state index contributed by atoms with van der Waals surface area (Å²) in [5.41, 5.74) is 0.761. The molecule has 0 saturated heterocycles. The second kappa shape index (κ2) is 4.73. The van der Waals surface area contributed by atoms with Crippen molar-refractivity contribution in [3.8, 4) is 11.1 Å². The Hall–Kier alpha value is -2.08. The maximum Gasteiger partial charge on any atom is 0.433 e. The van der Waals surface area contributed by atoms with Crippen molar-refractivity contribution >= 4 is 17.2 Å². The minimum absolute atomic E-state index is 0.157. The van der Waals surface area contributed by atoms with E-state index in [0.29, 0.717) is 16.1 Å². The van der Waals surface area contributed by atoms with E-state index >= 15 is 0 Å². The van der Waals surface area contributed by atoms with Crippen molar-refractivity contribution in [1.82, 2.24) is 14.6 Å². The van der Waals surface area contributed by atoms with Crippen LogP contribution in [0.2, 0.25) is 5.02 Å².